The number of nitrogens with one attached hydrogen (secondary N) is 1. The van der Waals surface area contributed by atoms with E-state index in [1.807, 2.05) is 0 Å². The molecule has 3 atom stereocenters. The van der Waals surface area contributed by atoms with Crippen molar-refractivity contribution < 1.29 is 32.6 Å². The van der Waals surface area contributed by atoms with Crippen molar-refractivity contribution in [1.82, 2.24) is 14.8 Å². The molecule has 3 heterocycles. The number of carboxylic acids is 1. The summed E-state index contributed by atoms with van der Waals surface area (Å²) in [6.45, 7) is 2.01. The number of likely N-dealkylation sites (tertiary alicyclic amines) is 1. The molecule has 1 aromatic carbocycles. The summed E-state index contributed by atoms with van der Waals surface area (Å²) in [5.74, 6) is -2.65. The quantitative estimate of drug-likeness (QED) is 0.722. The van der Waals surface area contributed by atoms with E-state index >= 15 is 0 Å². The molecule has 1 amide bonds. The topological polar surface area (TPSA) is 83.8 Å². The van der Waals surface area contributed by atoms with Gasteiger partial charge in [-0.3, -0.25) is 9.69 Å². The fourth-order valence-corrected chi connectivity index (χ4v) is 4.70. The van der Waals surface area contributed by atoms with Crippen molar-refractivity contribution in [2.75, 3.05) is 6.54 Å². The van der Waals surface area contributed by atoms with Gasteiger partial charge < -0.3 is 19.7 Å². The number of carbonyl (C=O) groups is 2. The van der Waals surface area contributed by atoms with Crippen LogP contribution in [0.15, 0.2) is 30.5 Å². The highest BCUT2D eigenvalue weighted by atomic mass is 19.4. The van der Waals surface area contributed by atoms with Gasteiger partial charge in [-0.05, 0) is 43.7 Å². The molecule has 0 unspecified atom stereocenters. The largest absolute Gasteiger partial charge is 0.490 e. The van der Waals surface area contributed by atoms with Gasteiger partial charge in [0.1, 0.15) is 6.10 Å². The Bertz CT molecular complexity index is 1020. The SMILES string of the molecule is Cn1cc(CN2CC[C@H]3O[C@H](C(=O)NC4CC4)CC[C@H]32)c2ccccc21.O=C(O)C(F)(F)F. The molecule has 0 radical (unpaired) electrons. The first-order valence-corrected chi connectivity index (χ1v) is 11.2. The lowest BCUT2D eigenvalue weighted by molar-refractivity contribution is -0.192. The molecule has 7 nitrogen and oxygen atoms in total. The Morgan fingerprint density at radius 2 is 1.85 bits per heavy atom. The van der Waals surface area contributed by atoms with Crippen molar-refractivity contribution in [2.45, 2.75) is 69.1 Å². The van der Waals surface area contributed by atoms with Crippen LogP contribution in [0.2, 0.25) is 0 Å². The minimum absolute atomic E-state index is 0.110. The van der Waals surface area contributed by atoms with Crippen molar-refractivity contribution in [3.05, 3.63) is 36.0 Å². The van der Waals surface area contributed by atoms with Gasteiger partial charge in [0.2, 0.25) is 5.91 Å². The van der Waals surface area contributed by atoms with Gasteiger partial charge >= 0.3 is 12.1 Å². The van der Waals surface area contributed by atoms with Crippen LogP contribution in [-0.2, 0) is 27.9 Å². The third kappa shape index (κ3) is 5.50. The van der Waals surface area contributed by atoms with Gasteiger partial charge in [-0.2, -0.15) is 13.2 Å². The van der Waals surface area contributed by atoms with Crippen LogP contribution in [0.4, 0.5) is 13.2 Å². The smallest absolute Gasteiger partial charge is 0.475 e. The lowest BCUT2D eigenvalue weighted by atomic mass is 9.98. The number of nitrogens with zero attached hydrogens (tertiary/aromatic N) is 2. The van der Waals surface area contributed by atoms with E-state index in [0.717, 1.165) is 45.2 Å². The molecule has 2 saturated heterocycles. The Balaban J connectivity index is 0.000000325. The van der Waals surface area contributed by atoms with Gasteiger partial charge in [0.25, 0.3) is 0 Å². The van der Waals surface area contributed by atoms with Crippen LogP contribution in [0.25, 0.3) is 10.9 Å². The van der Waals surface area contributed by atoms with Crippen LogP contribution in [0.1, 0.15) is 37.7 Å². The van der Waals surface area contributed by atoms with Gasteiger partial charge in [-0.25, -0.2) is 4.79 Å². The zero-order chi connectivity index (χ0) is 23.8. The number of benzene rings is 1. The number of aryl methyl sites for hydroxylation is 1. The van der Waals surface area contributed by atoms with E-state index in [1.54, 1.807) is 0 Å². The fourth-order valence-electron chi connectivity index (χ4n) is 4.70. The average molecular weight is 467 g/mol. The molecule has 2 aliphatic heterocycles. The number of rotatable bonds is 4. The van der Waals surface area contributed by atoms with Crippen molar-refractivity contribution >= 4 is 22.8 Å². The van der Waals surface area contributed by atoms with E-state index in [4.69, 9.17) is 14.6 Å². The molecule has 2 N–H and O–H groups in total. The van der Waals surface area contributed by atoms with E-state index in [1.165, 1.54) is 16.5 Å². The Labute approximate surface area is 189 Å². The highest BCUT2D eigenvalue weighted by Gasteiger charge is 2.42. The molecular weight excluding hydrogens is 439 g/mol. The molecule has 5 rings (SSSR count). The van der Waals surface area contributed by atoms with Crippen LogP contribution in [0.3, 0.4) is 0 Å². The zero-order valence-corrected chi connectivity index (χ0v) is 18.3. The number of amides is 1. The summed E-state index contributed by atoms with van der Waals surface area (Å²) in [4.78, 5) is 23.8. The minimum atomic E-state index is -5.08. The summed E-state index contributed by atoms with van der Waals surface area (Å²) in [5.41, 5.74) is 2.67. The maximum Gasteiger partial charge on any atom is 0.490 e. The van der Waals surface area contributed by atoms with Crippen LogP contribution >= 0.6 is 0 Å². The molecule has 3 fully saturated rings. The standard InChI is InChI=1S/C21H27N3O2.C2HF3O2/c1-23-12-14(16-4-2-3-5-17(16)23)13-24-11-10-19-18(24)8-9-20(26-19)21(25)22-15-6-7-15;3-2(4,5)1(6)7/h2-5,12,15,18-20H,6-11,13H2,1H3,(H,22,25);(H,6,7)/t18-,19-,20+;/m1./s1. The molecule has 1 saturated carbocycles. The number of aromatic nitrogens is 1. The van der Waals surface area contributed by atoms with Crippen LogP contribution < -0.4 is 5.32 Å². The van der Waals surface area contributed by atoms with Crippen LogP contribution in [-0.4, -0.2) is 63.5 Å². The maximum absolute atomic E-state index is 12.3. The Morgan fingerprint density at radius 3 is 2.52 bits per heavy atom. The first kappa shape index (κ1) is 23.6. The summed E-state index contributed by atoms with van der Waals surface area (Å²) in [5, 5.41) is 11.6. The van der Waals surface area contributed by atoms with Crippen molar-refractivity contribution in [3.63, 3.8) is 0 Å². The summed E-state index contributed by atoms with van der Waals surface area (Å²) in [6, 6.07) is 9.46. The lowest BCUT2D eigenvalue weighted by Crippen LogP contribution is -2.48. The Morgan fingerprint density at radius 1 is 1.15 bits per heavy atom. The lowest BCUT2D eigenvalue weighted by Gasteiger charge is -2.35. The third-order valence-corrected chi connectivity index (χ3v) is 6.47. The molecule has 33 heavy (non-hydrogen) atoms. The molecule has 1 aliphatic carbocycles. The van der Waals surface area contributed by atoms with Gasteiger partial charge in [0.15, 0.2) is 0 Å². The molecular formula is C23H28F3N3O4. The number of halogens is 3. The predicted octanol–water partition coefficient (Wildman–Crippen LogP) is 3.21. The molecule has 180 valence electrons. The van der Waals surface area contributed by atoms with E-state index < -0.39 is 12.1 Å². The first-order chi connectivity index (χ1) is 15.6. The highest BCUT2D eigenvalue weighted by molar-refractivity contribution is 5.84. The Hall–Kier alpha value is -2.59. The number of carboxylic acid groups (broad SMARTS) is 1. The third-order valence-electron chi connectivity index (χ3n) is 6.47. The van der Waals surface area contributed by atoms with Crippen molar-refractivity contribution in [3.8, 4) is 0 Å². The summed E-state index contributed by atoms with van der Waals surface area (Å²) >= 11 is 0. The summed E-state index contributed by atoms with van der Waals surface area (Å²) in [6.07, 6.45) is 2.32. The number of carbonyl (C=O) groups excluding carboxylic acids is 1. The van der Waals surface area contributed by atoms with E-state index in [2.05, 4.69) is 52.3 Å². The number of hydrogen-bond acceptors (Lipinski definition) is 4. The number of ether oxygens (including phenoxy) is 1. The molecule has 2 aromatic rings. The number of fused-ring (bicyclic) bond motifs is 2. The van der Waals surface area contributed by atoms with Crippen molar-refractivity contribution in [1.29, 1.82) is 0 Å². The average Bonchev–Trinajstić information content (AvgIpc) is 3.41. The molecule has 0 spiro atoms. The second-order valence-electron chi connectivity index (χ2n) is 8.94. The van der Waals surface area contributed by atoms with Crippen LogP contribution in [0, 0.1) is 0 Å². The second kappa shape index (κ2) is 9.34. The molecule has 1 aromatic heterocycles. The molecule has 0 bridgehead atoms. The predicted molar refractivity (Wildman–Crippen MR) is 114 cm³/mol. The summed E-state index contributed by atoms with van der Waals surface area (Å²) in [7, 11) is 2.12. The van der Waals surface area contributed by atoms with Crippen molar-refractivity contribution in [2.24, 2.45) is 7.05 Å². The summed E-state index contributed by atoms with van der Waals surface area (Å²) < 4.78 is 40.2. The number of hydrogen-bond donors (Lipinski definition) is 2. The van der Waals surface area contributed by atoms with Crippen LogP contribution in [0.5, 0.6) is 0 Å². The second-order valence-corrected chi connectivity index (χ2v) is 8.94. The van der Waals surface area contributed by atoms with Gasteiger partial charge in [-0.15, -0.1) is 0 Å². The van der Waals surface area contributed by atoms with Gasteiger partial charge in [-0.1, -0.05) is 18.2 Å². The molecule has 3 aliphatic rings. The van der Waals surface area contributed by atoms with E-state index in [0.29, 0.717) is 12.1 Å². The number of aliphatic carboxylic acids is 1. The highest BCUT2D eigenvalue weighted by Crippen LogP contribution is 2.34. The normalized spacial score (nSPS) is 25.3. The van der Waals surface area contributed by atoms with E-state index in [9.17, 15) is 18.0 Å². The van der Waals surface area contributed by atoms with Gasteiger partial charge in [0, 0.05) is 49.3 Å². The monoisotopic (exact) mass is 467 g/mol. The molecule has 10 heteroatoms. The Kier molecular flexibility index (Phi) is 6.67. The number of para-hydroxylation sites is 1. The maximum atomic E-state index is 12.3. The minimum Gasteiger partial charge on any atom is -0.475 e. The van der Waals surface area contributed by atoms with E-state index in [-0.39, 0.29) is 18.1 Å². The first-order valence-electron chi connectivity index (χ1n) is 11.2. The fraction of sp³-hybridized carbons (Fsp3) is 0.565. The van der Waals surface area contributed by atoms with Gasteiger partial charge in [0.05, 0.1) is 6.10 Å². The zero-order valence-electron chi connectivity index (χ0n) is 18.3. The number of alkyl halides is 3.